The van der Waals surface area contributed by atoms with Crippen LogP contribution in [0.4, 0.5) is 0 Å². The molecule has 1 unspecified atom stereocenters. The molecule has 6 nitrogen and oxygen atoms in total. The van der Waals surface area contributed by atoms with Crippen molar-refractivity contribution in [2.45, 2.75) is 12.7 Å². The van der Waals surface area contributed by atoms with E-state index in [-0.39, 0.29) is 6.54 Å². The lowest BCUT2D eigenvalue weighted by atomic mass is 10.2. The minimum absolute atomic E-state index is 0.0184. The van der Waals surface area contributed by atoms with Gasteiger partial charge < -0.3 is 14.9 Å². The lowest BCUT2D eigenvalue weighted by Crippen LogP contribution is -2.36. The molecule has 2 N–H and O–H groups in total. The summed E-state index contributed by atoms with van der Waals surface area (Å²) in [6.07, 6.45) is -0.518. The first kappa shape index (κ1) is 16.9. The molecule has 1 fully saturated rings. The van der Waals surface area contributed by atoms with Gasteiger partial charge in [0.1, 0.15) is 0 Å². The molecule has 1 aliphatic rings. The highest BCUT2D eigenvalue weighted by Crippen LogP contribution is 2.05. The number of ether oxygens (including phenoxy) is 1. The van der Waals surface area contributed by atoms with Crippen LogP contribution in [0.15, 0.2) is 30.3 Å². The maximum Gasteiger partial charge on any atom is 0.317 e. The van der Waals surface area contributed by atoms with Crippen LogP contribution in [-0.4, -0.2) is 78.0 Å². The maximum atomic E-state index is 10.8. The first-order valence-corrected chi connectivity index (χ1v) is 7.59. The number of hydrogen-bond donors (Lipinski definition) is 2. The second kappa shape index (κ2) is 8.85. The summed E-state index contributed by atoms with van der Waals surface area (Å²) in [5.74, 6) is -0.855. The molecule has 1 heterocycles. The summed E-state index contributed by atoms with van der Waals surface area (Å²) in [5.41, 5.74) is 1.14. The smallest absolute Gasteiger partial charge is 0.317 e. The summed E-state index contributed by atoms with van der Waals surface area (Å²) < 4.78 is 5.66. The van der Waals surface area contributed by atoms with Crippen molar-refractivity contribution in [3.8, 4) is 0 Å². The van der Waals surface area contributed by atoms with Crippen LogP contribution < -0.4 is 0 Å². The van der Waals surface area contributed by atoms with Crippen molar-refractivity contribution in [2.75, 3.05) is 45.9 Å². The third kappa shape index (κ3) is 6.11. The van der Waals surface area contributed by atoms with E-state index in [4.69, 9.17) is 9.84 Å². The molecule has 0 spiro atoms. The Labute approximate surface area is 130 Å². The van der Waals surface area contributed by atoms with E-state index in [1.165, 1.54) is 0 Å². The van der Waals surface area contributed by atoms with Crippen molar-refractivity contribution >= 4 is 5.97 Å². The molecule has 0 bridgehead atoms. The molecule has 1 aromatic carbocycles. The largest absolute Gasteiger partial charge is 0.480 e. The summed E-state index contributed by atoms with van der Waals surface area (Å²) in [4.78, 5) is 14.7. The first-order valence-electron chi connectivity index (χ1n) is 7.59. The minimum Gasteiger partial charge on any atom is -0.480 e. The second-order valence-corrected chi connectivity index (χ2v) is 5.62. The van der Waals surface area contributed by atoms with Crippen molar-refractivity contribution < 1.29 is 19.7 Å². The lowest BCUT2D eigenvalue weighted by molar-refractivity contribution is -0.138. The molecule has 0 amide bonds. The molecule has 1 aromatic rings. The summed E-state index contributed by atoms with van der Waals surface area (Å²) >= 11 is 0. The van der Waals surface area contributed by atoms with Crippen molar-refractivity contribution in [3.05, 3.63) is 35.9 Å². The van der Waals surface area contributed by atoms with Crippen molar-refractivity contribution in [3.63, 3.8) is 0 Å². The number of nitrogens with zero attached hydrogens (tertiary/aromatic N) is 2. The van der Waals surface area contributed by atoms with Gasteiger partial charge >= 0.3 is 5.97 Å². The van der Waals surface area contributed by atoms with Crippen LogP contribution >= 0.6 is 0 Å². The molecule has 2 rings (SSSR count). The van der Waals surface area contributed by atoms with Gasteiger partial charge in [-0.25, -0.2) is 0 Å². The van der Waals surface area contributed by atoms with Crippen molar-refractivity contribution in [1.82, 2.24) is 9.80 Å². The van der Waals surface area contributed by atoms with Crippen LogP contribution in [-0.2, 0) is 16.1 Å². The predicted molar refractivity (Wildman–Crippen MR) is 82.6 cm³/mol. The van der Waals surface area contributed by atoms with Gasteiger partial charge in [-0.1, -0.05) is 30.3 Å². The fourth-order valence-electron chi connectivity index (χ4n) is 2.62. The Morgan fingerprint density at radius 1 is 1.18 bits per heavy atom. The number of carboxylic acids is 1. The van der Waals surface area contributed by atoms with Gasteiger partial charge in [-0.15, -0.1) is 0 Å². The van der Waals surface area contributed by atoms with E-state index >= 15 is 0 Å². The lowest BCUT2D eigenvalue weighted by Gasteiger charge is -2.21. The normalized spacial score (nSPS) is 20.7. The standard InChI is InChI=1S/C16H24N2O4/c19-15-10-17(6-7-18(11-15)12-16(20)21)8-9-22-13-14-4-2-1-3-5-14/h1-5,15,19H,6-13H2,(H,20,21). The third-order valence-electron chi connectivity index (χ3n) is 3.69. The predicted octanol–water partition coefficient (Wildman–Crippen LogP) is 0.266. The van der Waals surface area contributed by atoms with Gasteiger partial charge in [0.25, 0.3) is 0 Å². The van der Waals surface area contributed by atoms with Crippen LogP contribution in [0.25, 0.3) is 0 Å². The molecule has 0 aliphatic carbocycles. The number of aliphatic hydroxyl groups excluding tert-OH is 1. The molecule has 0 radical (unpaired) electrons. The van der Waals surface area contributed by atoms with Gasteiger partial charge in [0.15, 0.2) is 0 Å². The minimum atomic E-state index is -0.855. The number of β-amino-alcohol motifs (C(OH)–C–C–N with tert-alkyl or cyclic N) is 1. The van der Waals surface area contributed by atoms with Crippen LogP contribution in [0.2, 0.25) is 0 Å². The van der Waals surface area contributed by atoms with E-state index in [1.54, 1.807) is 4.90 Å². The number of carbonyl (C=O) groups is 1. The highest BCUT2D eigenvalue weighted by atomic mass is 16.5. The van der Waals surface area contributed by atoms with E-state index in [0.717, 1.165) is 18.7 Å². The van der Waals surface area contributed by atoms with Gasteiger partial charge in [0.05, 0.1) is 25.9 Å². The number of rotatable bonds is 7. The third-order valence-corrected chi connectivity index (χ3v) is 3.69. The Morgan fingerprint density at radius 2 is 1.86 bits per heavy atom. The SMILES string of the molecule is O=C(O)CN1CCN(CCOCc2ccccc2)CC(O)C1. The van der Waals surface area contributed by atoms with Gasteiger partial charge in [0, 0.05) is 32.7 Å². The molecule has 0 saturated carbocycles. The number of benzene rings is 1. The monoisotopic (exact) mass is 308 g/mol. The Kier molecular flexibility index (Phi) is 6.79. The molecule has 1 saturated heterocycles. The van der Waals surface area contributed by atoms with Crippen molar-refractivity contribution in [1.29, 1.82) is 0 Å². The summed E-state index contributed by atoms with van der Waals surface area (Å²) in [6.45, 7) is 4.28. The van der Waals surface area contributed by atoms with Crippen LogP contribution in [0.5, 0.6) is 0 Å². The molecule has 22 heavy (non-hydrogen) atoms. The molecular weight excluding hydrogens is 284 g/mol. The molecule has 6 heteroatoms. The zero-order valence-electron chi connectivity index (χ0n) is 12.7. The number of aliphatic carboxylic acids is 1. The molecule has 1 atom stereocenters. The average molecular weight is 308 g/mol. The van der Waals surface area contributed by atoms with Crippen LogP contribution in [0.1, 0.15) is 5.56 Å². The Balaban J connectivity index is 1.68. The topological polar surface area (TPSA) is 73.2 Å². The quantitative estimate of drug-likeness (QED) is 0.704. The zero-order chi connectivity index (χ0) is 15.8. The second-order valence-electron chi connectivity index (χ2n) is 5.62. The fourth-order valence-corrected chi connectivity index (χ4v) is 2.62. The highest BCUT2D eigenvalue weighted by molar-refractivity contribution is 5.69. The maximum absolute atomic E-state index is 10.8. The fraction of sp³-hybridized carbons (Fsp3) is 0.562. The number of aliphatic hydroxyl groups is 1. The Bertz CT molecular complexity index is 455. The van der Waals surface area contributed by atoms with Gasteiger partial charge in [-0.05, 0) is 5.56 Å². The Hall–Kier alpha value is -1.47. The Morgan fingerprint density at radius 3 is 2.59 bits per heavy atom. The molecule has 0 aromatic heterocycles. The van der Waals surface area contributed by atoms with E-state index in [1.807, 2.05) is 30.3 Å². The first-order chi connectivity index (χ1) is 10.6. The van der Waals surface area contributed by atoms with Crippen molar-refractivity contribution in [2.24, 2.45) is 0 Å². The van der Waals surface area contributed by atoms with E-state index < -0.39 is 12.1 Å². The average Bonchev–Trinajstić information content (AvgIpc) is 2.65. The van der Waals surface area contributed by atoms with Gasteiger partial charge in [-0.2, -0.15) is 0 Å². The van der Waals surface area contributed by atoms with Gasteiger partial charge in [-0.3, -0.25) is 14.6 Å². The van der Waals surface area contributed by atoms with E-state index in [2.05, 4.69) is 4.90 Å². The van der Waals surface area contributed by atoms with E-state index in [9.17, 15) is 9.90 Å². The summed E-state index contributed by atoms with van der Waals surface area (Å²) in [5, 5.41) is 18.8. The summed E-state index contributed by atoms with van der Waals surface area (Å²) in [7, 11) is 0. The van der Waals surface area contributed by atoms with Crippen LogP contribution in [0, 0.1) is 0 Å². The molecule has 122 valence electrons. The molecule has 1 aliphatic heterocycles. The van der Waals surface area contributed by atoms with E-state index in [0.29, 0.717) is 32.8 Å². The summed E-state index contributed by atoms with van der Waals surface area (Å²) in [6, 6.07) is 10.0. The molecular formula is C16H24N2O4. The highest BCUT2D eigenvalue weighted by Gasteiger charge is 2.22. The number of carboxylic acid groups (broad SMARTS) is 1. The zero-order valence-corrected chi connectivity index (χ0v) is 12.7. The number of hydrogen-bond acceptors (Lipinski definition) is 5. The van der Waals surface area contributed by atoms with Crippen LogP contribution in [0.3, 0.4) is 0 Å². The van der Waals surface area contributed by atoms with Gasteiger partial charge in [0.2, 0.25) is 0 Å².